The first-order valence-electron chi connectivity index (χ1n) is 6.17. The molecule has 1 atom stereocenters. The summed E-state index contributed by atoms with van der Waals surface area (Å²) >= 11 is 0. The maximum absolute atomic E-state index is 12.1. The highest BCUT2D eigenvalue weighted by Crippen LogP contribution is 2.38. The molecule has 0 saturated carbocycles. The number of carboxylic acid groups (broad SMARTS) is 1. The fraction of sp³-hybridized carbons (Fsp3) is 0.727. The normalized spacial score (nSPS) is 23.0. The molecule has 104 valence electrons. The fourth-order valence-electron chi connectivity index (χ4n) is 2.43. The van der Waals surface area contributed by atoms with E-state index in [0.717, 1.165) is 0 Å². The summed E-state index contributed by atoms with van der Waals surface area (Å²) in [5, 5.41) is 19.9. The highest BCUT2D eigenvalue weighted by Gasteiger charge is 2.48. The number of likely N-dealkylation sites (tertiary alicyclic amines) is 1. The van der Waals surface area contributed by atoms with E-state index in [0.29, 0.717) is 13.0 Å². The molecule has 0 spiro atoms. The van der Waals surface area contributed by atoms with Gasteiger partial charge in [0.15, 0.2) is 0 Å². The molecule has 1 N–H and O–H groups in total. The zero-order chi connectivity index (χ0) is 14.0. The molecule has 1 aliphatic rings. The van der Waals surface area contributed by atoms with E-state index in [9.17, 15) is 14.7 Å². The van der Waals surface area contributed by atoms with E-state index in [1.54, 1.807) is 4.90 Å². The Hall–Kier alpha value is -1.99. The largest absolute Gasteiger partial charge is 0.481 e. The van der Waals surface area contributed by atoms with Gasteiger partial charge in [0.2, 0.25) is 5.91 Å². The summed E-state index contributed by atoms with van der Waals surface area (Å²) < 4.78 is 1.33. The van der Waals surface area contributed by atoms with E-state index in [4.69, 9.17) is 0 Å². The van der Waals surface area contributed by atoms with Crippen LogP contribution in [0, 0.1) is 11.3 Å². The van der Waals surface area contributed by atoms with Gasteiger partial charge in [-0.05, 0) is 22.8 Å². The second kappa shape index (κ2) is 4.94. The number of hydrogen-bond acceptors (Lipinski definition) is 5. The Bertz CT molecular complexity index is 473. The molecule has 8 heteroatoms. The van der Waals surface area contributed by atoms with Gasteiger partial charge in [-0.1, -0.05) is 13.8 Å². The maximum Gasteiger partial charge on any atom is 0.311 e. The molecule has 0 bridgehead atoms. The summed E-state index contributed by atoms with van der Waals surface area (Å²) in [5.41, 5.74) is -0.837. The second-order valence-electron chi connectivity index (χ2n) is 5.19. The number of aliphatic carboxylic acids is 1. The van der Waals surface area contributed by atoms with E-state index in [2.05, 4.69) is 15.5 Å². The summed E-state index contributed by atoms with van der Waals surface area (Å²) in [7, 11) is 0. The van der Waals surface area contributed by atoms with Crippen molar-refractivity contribution in [2.45, 2.75) is 26.8 Å². The highest BCUT2D eigenvalue weighted by atomic mass is 16.4. The Kier molecular flexibility index (Phi) is 3.50. The third-order valence-electron chi connectivity index (χ3n) is 3.87. The van der Waals surface area contributed by atoms with E-state index in [1.165, 1.54) is 11.0 Å². The molecule has 1 aromatic heterocycles. The average Bonchev–Trinajstić information content (AvgIpc) is 2.97. The van der Waals surface area contributed by atoms with Crippen LogP contribution in [0.3, 0.4) is 0 Å². The highest BCUT2D eigenvalue weighted by molar-refractivity contribution is 5.80. The van der Waals surface area contributed by atoms with Gasteiger partial charge in [0.1, 0.15) is 12.9 Å². The standard InChI is InChI=1S/C11H17N5O3/c1-8(2)11(10(18)19)3-4-15(6-11)9(17)5-16-7-12-13-14-16/h7-8H,3-6H2,1-2H3,(H,18,19). The first-order chi connectivity index (χ1) is 8.95. The van der Waals surface area contributed by atoms with Crippen LogP contribution in [0.15, 0.2) is 6.33 Å². The van der Waals surface area contributed by atoms with Crippen LogP contribution in [0.4, 0.5) is 0 Å². The van der Waals surface area contributed by atoms with Crippen molar-refractivity contribution < 1.29 is 14.7 Å². The predicted molar refractivity (Wildman–Crippen MR) is 63.9 cm³/mol. The van der Waals surface area contributed by atoms with Crippen LogP contribution in [0.2, 0.25) is 0 Å². The Labute approximate surface area is 110 Å². The molecular weight excluding hydrogens is 250 g/mol. The minimum Gasteiger partial charge on any atom is -0.481 e. The lowest BCUT2D eigenvalue weighted by molar-refractivity contribution is -0.151. The Balaban J connectivity index is 2.05. The number of rotatable bonds is 4. The van der Waals surface area contributed by atoms with E-state index in [-0.39, 0.29) is 24.9 Å². The third-order valence-corrected chi connectivity index (χ3v) is 3.87. The van der Waals surface area contributed by atoms with Gasteiger partial charge in [0, 0.05) is 13.1 Å². The number of carbonyl (C=O) groups excluding carboxylic acids is 1. The first-order valence-corrected chi connectivity index (χ1v) is 6.17. The molecule has 0 aliphatic carbocycles. The van der Waals surface area contributed by atoms with Crippen LogP contribution in [0.5, 0.6) is 0 Å². The van der Waals surface area contributed by atoms with Gasteiger partial charge in [0.25, 0.3) is 0 Å². The van der Waals surface area contributed by atoms with Crippen molar-refractivity contribution in [2.24, 2.45) is 11.3 Å². The van der Waals surface area contributed by atoms with Crippen molar-refractivity contribution in [3.05, 3.63) is 6.33 Å². The fourth-order valence-corrected chi connectivity index (χ4v) is 2.43. The van der Waals surface area contributed by atoms with Gasteiger partial charge in [-0.25, -0.2) is 4.68 Å². The van der Waals surface area contributed by atoms with Crippen molar-refractivity contribution >= 4 is 11.9 Å². The summed E-state index contributed by atoms with van der Waals surface area (Å²) in [5.74, 6) is -1.01. The molecular formula is C11H17N5O3. The summed E-state index contributed by atoms with van der Waals surface area (Å²) in [4.78, 5) is 25.1. The predicted octanol–water partition coefficient (Wildman–Crippen LogP) is -0.368. The van der Waals surface area contributed by atoms with Crippen molar-refractivity contribution in [1.82, 2.24) is 25.1 Å². The molecule has 19 heavy (non-hydrogen) atoms. The monoisotopic (exact) mass is 267 g/mol. The number of carbonyl (C=O) groups is 2. The van der Waals surface area contributed by atoms with Crippen molar-refractivity contribution in [3.8, 4) is 0 Å². The lowest BCUT2D eigenvalue weighted by atomic mass is 9.76. The van der Waals surface area contributed by atoms with Crippen LogP contribution in [0.25, 0.3) is 0 Å². The number of carboxylic acids is 1. The molecule has 8 nitrogen and oxygen atoms in total. The molecule has 1 aliphatic heterocycles. The van der Waals surface area contributed by atoms with Crippen LogP contribution in [0.1, 0.15) is 20.3 Å². The molecule has 0 aromatic carbocycles. The van der Waals surface area contributed by atoms with Gasteiger partial charge in [0.05, 0.1) is 5.41 Å². The minimum absolute atomic E-state index is 0.0177. The molecule has 1 saturated heterocycles. The molecule has 0 radical (unpaired) electrons. The van der Waals surface area contributed by atoms with Gasteiger partial charge in [-0.15, -0.1) is 5.10 Å². The zero-order valence-electron chi connectivity index (χ0n) is 11.0. The lowest BCUT2D eigenvalue weighted by Crippen LogP contribution is -2.41. The number of hydrogen-bond donors (Lipinski definition) is 1. The molecule has 1 unspecified atom stereocenters. The first kappa shape index (κ1) is 13.4. The molecule has 1 fully saturated rings. The Morgan fingerprint density at radius 1 is 1.47 bits per heavy atom. The van der Waals surface area contributed by atoms with Gasteiger partial charge < -0.3 is 10.0 Å². The van der Waals surface area contributed by atoms with Crippen molar-refractivity contribution in [1.29, 1.82) is 0 Å². The third kappa shape index (κ3) is 2.42. The lowest BCUT2D eigenvalue weighted by Gasteiger charge is -2.28. The zero-order valence-corrected chi connectivity index (χ0v) is 11.0. The molecule has 1 aromatic rings. The maximum atomic E-state index is 12.1. The number of nitrogens with zero attached hydrogens (tertiary/aromatic N) is 5. The van der Waals surface area contributed by atoms with Crippen LogP contribution < -0.4 is 0 Å². The van der Waals surface area contributed by atoms with E-state index in [1.807, 2.05) is 13.8 Å². The van der Waals surface area contributed by atoms with Gasteiger partial charge in [-0.3, -0.25) is 9.59 Å². The van der Waals surface area contributed by atoms with Crippen LogP contribution in [-0.4, -0.2) is 55.2 Å². The summed E-state index contributed by atoms with van der Waals surface area (Å²) in [6.45, 7) is 4.51. The quantitative estimate of drug-likeness (QED) is 0.798. The van der Waals surface area contributed by atoms with Crippen LogP contribution in [-0.2, 0) is 16.1 Å². The van der Waals surface area contributed by atoms with E-state index < -0.39 is 11.4 Å². The topological polar surface area (TPSA) is 101 Å². The Morgan fingerprint density at radius 3 is 2.68 bits per heavy atom. The second-order valence-corrected chi connectivity index (χ2v) is 5.19. The minimum atomic E-state index is -0.837. The number of tetrazole rings is 1. The smallest absolute Gasteiger partial charge is 0.311 e. The van der Waals surface area contributed by atoms with Crippen LogP contribution >= 0.6 is 0 Å². The van der Waals surface area contributed by atoms with Gasteiger partial charge >= 0.3 is 5.97 Å². The Morgan fingerprint density at radius 2 is 2.21 bits per heavy atom. The average molecular weight is 267 g/mol. The van der Waals surface area contributed by atoms with Gasteiger partial charge in [-0.2, -0.15) is 0 Å². The molecule has 2 heterocycles. The van der Waals surface area contributed by atoms with Crippen molar-refractivity contribution in [3.63, 3.8) is 0 Å². The summed E-state index contributed by atoms with van der Waals surface area (Å²) in [6.07, 6.45) is 1.85. The summed E-state index contributed by atoms with van der Waals surface area (Å²) in [6, 6.07) is 0. The number of aromatic nitrogens is 4. The number of amides is 1. The SMILES string of the molecule is CC(C)C1(C(=O)O)CCN(C(=O)Cn2cnnn2)C1. The molecule has 2 rings (SSSR count). The molecule has 1 amide bonds. The van der Waals surface area contributed by atoms with Crippen molar-refractivity contribution in [2.75, 3.05) is 13.1 Å². The van der Waals surface area contributed by atoms with E-state index >= 15 is 0 Å².